The zero-order chi connectivity index (χ0) is 9.68. The number of carbonyl (C=O) groups is 2. The van der Waals surface area contributed by atoms with Crippen molar-refractivity contribution >= 4 is 11.8 Å². The molecule has 13 heavy (non-hydrogen) atoms. The number of carbonyl (C=O) groups excluding carboxylic acids is 2. The maximum atomic E-state index is 11.4. The Bertz CT molecular complexity index is 204. The Morgan fingerprint density at radius 3 is 3.08 bits per heavy atom. The molecule has 0 saturated carbocycles. The molecule has 0 aromatic carbocycles. The lowest BCUT2D eigenvalue weighted by Crippen LogP contribution is -2.49. The van der Waals surface area contributed by atoms with Gasteiger partial charge in [-0.3, -0.25) is 9.59 Å². The van der Waals surface area contributed by atoms with E-state index < -0.39 is 0 Å². The first kappa shape index (κ1) is 10.0. The molecular weight excluding hydrogens is 168 g/mol. The van der Waals surface area contributed by atoms with Gasteiger partial charge in [0.2, 0.25) is 11.8 Å². The molecule has 1 atom stereocenters. The van der Waals surface area contributed by atoms with Gasteiger partial charge in [0.05, 0.1) is 0 Å². The van der Waals surface area contributed by atoms with Crippen molar-refractivity contribution in [3.05, 3.63) is 0 Å². The molecule has 0 aliphatic carbocycles. The van der Waals surface area contributed by atoms with Crippen LogP contribution in [0.2, 0.25) is 0 Å². The van der Waals surface area contributed by atoms with Gasteiger partial charge >= 0.3 is 0 Å². The molecule has 4 nitrogen and oxygen atoms in total. The number of hydrogen-bond acceptors (Lipinski definition) is 2. The van der Waals surface area contributed by atoms with E-state index in [4.69, 9.17) is 0 Å². The lowest BCUT2D eigenvalue weighted by molar-refractivity contribution is -0.130. The summed E-state index contributed by atoms with van der Waals surface area (Å²) in [4.78, 5) is 22.3. The molecule has 1 aliphatic rings. The van der Waals surface area contributed by atoms with E-state index >= 15 is 0 Å². The van der Waals surface area contributed by atoms with Crippen molar-refractivity contribution in [2.24, 2.45) is 0 Å². The van der Waals surface area contributed by atoms with E-state index in [9.17, 15) is 9.59 Å². The molecule has 1 unspecified atom stereocenters. The summed E-state index contributed by atoms with van der Waals surface area (Å²) in [5, 5.41) is 5.44. The predicted molar refractivity (Wildman–Crippen MR) is 49.1 cm³/mol. The lowest BCUT2D eigenvalue weighted by atomic mass is 10.0. The summed E-state index contributed by atoms with van der Waals surface area (Å²) in [5.74, 6) is -0.0576. The molecule has 2 amide bonds. The van der Waals surface area contributed by atoms with Crippen molar-refractivity contribution < 1.29 is 9.59 Å². The fraction of sp³-hybridized carbons (Fsp3) is 0.778. The molecule has 1 saturated heterocycles. The number of rotatable bonds is 3. The molecule has 1 fully saturated rings. The van der Waals surface area contributed by atoms with Crippen molar-refractivity contribution in [1.82, 2.24) is 10.6 Å². The highest BCUT2D eigenvalue weighted by Crippen LogP contribution is 2.07. The second-order valence-corrected chi connectivity index (χ2v) is 3.30. The van der Waals surface area contributed by atoms with Gasteiger partial charge in [0.25, 0.3) is 0 Å². The fourth-order valence-corrected chi connectivity index (χ4v) is 1.37. The van der Waals surface area contributed by atoms with Crippen LogP contribution in [0.4, 0.5) is 0 Å². The average molecular weight is 184 g/mol. The van der Waals surface area contributed by atoms with E-state index in [-0.39, 0.29) is 17.9 Å². The van der Waals surface area contributed by atoms with E-state index in [1.165, 1.54) is 0 Å². The van der Waals surface area contributed by atoms with Crippen LogP contribution in [0.3, 0.4) is 0 Å². The number of nitrogens with one attached hydrogen (secondary N) is 2. The van der Waals surface area contributed by atoms with Crippen LogP contribution in [0, 0.1) is 0 Å². The number of amides is 2. The van der Waals surface area contributed by atoms with Gasteiger partial charge in [-0.1, -0.05) is 6.92 Å². The highest BCUT2D eigenvalue weighted by Gasteiger charge is 2.23. The van der Waals surface area contributed by atoms with Crippen LogP contribution >= 0.6 is 0 Å². The highest BCUT2D eigenvalue weighted by molar-refractivity contribution is 5.88. The predicted octanol–water partition coefficient (Wildman–Crippen LogP) is 0.181. The van der Waals surface area contributed by atoms with Gasteiger partial charge in [-0.15, -0.1) is 0 Å². The van der Waals surface area contributed by atoms with E-state index in [0.29, 0.717) is 13.0 Å². The van der Waals surface area contributed by atoms with Crippen LogP contribution in [-0.2, 0) is 9.59 Å². The number of piperidine rings is 1. The minimum Gasteiger partial charge on any atom is -0.354 e. The zero-order valence-corrected chi connectivity index (χ0v) is 7.93. The molecule has 74 valence electrons. The first-order valence-electron chi connectivity index (χ1n) is 4.81. The largest absolute Gasteiger partial charge is 0.354 e. The van der Waals surface area contributed by atoms with Gasteiger partial charge < -0.3 is 10.6 Å². The van der Waals surface area contributed by atoms with Crippen molar-refractivity contribution in [3.63, 3.8) is 0 Å². The SMILES string of the molecule is CCCNC(=O)C1CCCC(=O)N1. The third kappa shape index (κ3) is 3.05. The van der Waals surface area contributed by atoms with Crippen LogP contribution < -0.4 is 10.6 Å². The van der Waals surface area contributed by atoms with Gasteiger partial charge in [-0.2, -0.15) is 0 Å². The molecule has 0 aromatic heterocycles. The Balaban J connectivity index is 2.32. The molecule has 2 N–H and O–H groups in total. The molecule has 1 aliphatic heterocycles. The Morgan fingerprint density at radius 2 is 2.46 bits per heavy atom. The van der Waals surface area contributed by atoms with Crippen LogP contribution in [0.1, 0.15) is 32.6 Å². The Kier molecular flexibility index (Phi) is 3.73. The van der Waals surface area contributed by atoms with Crippen LogP contribution in [0.15, 0.2) is 0 Å². The van der Waals surface area contributed by atoms with Gasteiger partial charge in [0.15, 0.2) is 0 Å². The third-order valence-electron chi connectivity index (χ3n) is 2.10. The van der Waals surface area contributed by atoms with Gasteiger partial charge in [-0.25, -0.2) is 0 Å². The molecule has 0 radical (unpaired) electrons. The fourth-order valence-electron chi connectivity index (χ4n) is 1.37. The molecular formula is C9H16N2O2. The van der Waals surface area contributed by atoms with E-state index in [1.807, 2.05) is 6.92 Å². The van der Waals surface area contributed by atoms with Crippen LogP contribution in [-0.4, -0.2) is 24.4 Å². The molecule has 0 bridgehead atoms. The summed E-state index contributed by atoms with van der Waals surface area (Å²) in [7, 11) is 0. The highest BCUT2D eigenvalue weighted by atomic mass is 16.2. The molecule has 1 rings (SSSR count). The quantitative estimate of drug-likeness (QED) is 0.657. The number of hydrogen-bond donors (Lipinski definition) is 2. The topological polar surface area (TPSA) is 58.2 Å². The normalized spacial score (nSPS) is 22.2. The summed E-state index contributed by atoms with van der Waals surface area (Å²) >= 11 is 0. The maximum Gasteiger partial charge on any atom is 0.242 e. The second-order valence-electron chi connectivity index (χ2n) is 3.30. The Labute approximate surface area is 78.1 Å². The van der Waals surface area contributed by atoms with E-state index in [1.54, 1.807) is 0 Å². The molecule has 4 heteroatoms. The summed E-state index contributed by atoms with van der Waals surface area (Å²) < 4.78 is 0. The summed E-state index contributed by atoms with van der Waals surface area (Å²) in [5.41, 5.74) is 0. The van der Waals surface area contributed by atoms with Crippen LogP contribution in [0.5, 0.6) is 0 Å². The smallest absolute Gasteiger partial charge is 0.242 e. The Morgan fingerprint density at radius 1 is 1.69 bits per heavy atom. The second kappa shape index (κ2) is 4.84. The van der Waals surface area contributed by atoms with Gasteiger partial charge in [0.1, 0.15) is 6.04 Å². The monoisotopic (exact) mass is 184 g/mol. The first-order chi connectivity index (χ1) is 6.24. The minimum atomic E-state index is -0.298. The first-order valence-corrected chi connectivity index (χ1v) is 4.81. The standard InChI is InChI=1S/C9H16N2O2/c1-2-6-10-9(13)7-4-3-5-8(12)11-7/h7H,2-6H2,1H3,(H,10,13)(H,11,12). The summed E-state index contributed by atoms with van der Waals surface area (Å²) in [6, 6.07) is -0.298. The van der Waals surface area contributed by atoms with Gasteiger partial charge in [0, 0.05) is 13.0 Å². The van der Waals surface area contributed by atoms with Crippen molar-refractivity contribution in [2.75, 3.05) is 6.54 Å². The molecule has 0 aromatic rings. The van der Waals surface area contributed by atoms with E-state index in [0.717, 1.165) is 19.3 Å². The van der Waals surface area contributed by atoms with Gasteiger partial charge in [-0.05, 0) is 19.3 Å². The van der Waals surface area contributed by atoms with Crippen LogP contribution in [0.25, 0.3) is 0 Å². The molecule has 1 heterocycles. The maximum absolute atomic E-state index is 11.4. The summed E-state index contributed by atoms with van der Waals surface area (Å²) in [6.45, 7) is 2.69. The average Bonchev–Trinajstić information content (AvgIpc) is 2.14. The Hall–Kier alpha value is -1.06. The summed E-state index contributed by atoms with van der Waals surface area (Å²) in [6.07, 6.45) is 3.06. The van der Waals surface area contributed by atoms with Crippen molar-refractivity contribution in [2.45, 2.75) is 38.6 Å². The lowest BCUT2D eigenvalue weighted by Gasteiger charge is -2.22. The zero-order valence-electron chi connectivity index (χ0n) is 7.93. The van der Waals surface area contributed by atoms with Crippen molar-refractivity contribution in [3.8, 4) is 0 Å². The van der Waals surface area contributed by atoms with Crippen molar-refractivity contribution in [1.29, 1.82) is 0 Å². The molecule has 0 spiro atoms. The third-order valence-corrected chi connectivity index (χ3v) is 2.10. The minimum absolute atomic E-state index is 0.0112. The van der Waals surface area contributed by atoms with E-state index in [2.05, 4.69) is 10.6 Å².